The lowest BCUT2D eigenvalue weighted by atomic mass is 10.0. The summed E-state index contributed by atoms with van der Waals surface area (Å²) >= 11 is 0. The van der Waals surface area contributed by atoms with Crippen LogP contribution in [0.15, 0.2) is 79.5 Å². The van der Waals surface area contributed by atoms with E-state index >= 15 is 0 Å². The first-order chi connectivity index (χ1) is 17.1. The summed E-state index contributed by atoms with van der Waals surface area (Å²) in [5.74, 6) is 7.17. The average Bonchev–Trinajstić information content (AvgIpc) is 3.49. The second kappa shape index (κ2) is 9.65. The van der Waals surface area contributed by atoms with Gasteiger partial charge in [-0.15, -0.1) is 0 Å². The van der Waals surface area contributed by atoms with Crippen molar-refractivity contribution in [2.45, 2.75) is 12.8 Å². The number of ether oxygens (including phenoxy) is 1. The Labute approximate surface area is 203 Å². The van der Waals surface area contributed by atoms with E-state index in [4.69, 9.17) is 4.74 Å². The summed E-state index contributed by atoms with van der Waals surface area (Å²) in [5, 5.41) is 8.72. The van der Waals surface area contributed by atoms with E-state index in [9.17, 15) is 4.79 Å². The first kappa shape index (κ1) is 22.1. The zero-order chi connectivity index (χ0) is 24.2. The van der Waals surface area contributed by atoms with E-state index in [1.807, 2.05) is 68.0 Å². The Morgan fingerprint density at radius 2 is 1.83 bits per heavy atom. The summed E-state index contributed by atoms with van der Waals surface area (Å²) in [4.78, 5) is 16.8. The molecule has 0 fully saturated rings. The topological polar surface area (TPSA) is 74.3 Å². The maximum absolute atomic E-state index is 12.5. The lowest BCUT2D eigenvalue weighted by Gasteiger charge is -2.06. The molecule has 5 aromatic rings. The molecule has 0 aliphatic carbocycles. The molecule has 0 spiro atoms. The molecule has 4 aromatic heterocycles. The number of rotatable bonds is 6. The van der Waals surface area contributed by atoms with Gasteiger partial charge in [0.1, 0.15) is 17.0 Å². The number of hydrogen-bond acceptors (Lipinski definition) is 5. The highest BCUT2D eigenvalue weighted by Gasteiger charge is 2.13. The van der Waals surface area contributed by atoms with Crippen molar-refractivity contribution >= 4 is 11.3 Å². The Morgan fingerprint density at radius 1 is 0.971 bits per heavy atom. The van der Waals surface area contributed by atoms with Crippen LogP contribution in [0, 0.1) is 11.8 Å². The first-order valence-corrected chi connectivity index (χ1v) is 11.2. The zero-order valence-electron chi connectivity index (χ0n) is 19.5. The van der Waals surface area contributed by atoms with Crippen LogP contribution in [-0.4, -0.2) is 37.3 Å². The smallest absolute Gasteiger partial charge is 0.146 e. The van der Waals surface area contributed by atoms with Gasteiger partial charge in [0.2, 0.25) is 0 Å². The number of benzene rings is 1. The molecular formula is C28H23N5O2. The summed E-state index contributed by atoms with van der Waals surface area (Å²) < 4.78 is 9.18. The van der Waals surface area contributed by atoms with Crippen LogP contribution in [0.5, 0.6) is 5.75 Å². The molecule has 172 valence electrons. The number of carbonyl (C=O) groups excluding carboxylic acids is 1. The van der Waals surface area contributed by atoms with Crippen molar-refractivity contribution in [1.82, 2.24) is 24.4 Å². The number of fused-ring (bicyclic) bond motifs is 1. The van der Waals surface area contributed by atoms with Crippen molar-refractivity contribution in [1.29, 1.82) is 0 Å². The molecule has 0 amide bonds. The van der Waals surface area contributed by atoms with Gasteiger partial charge >= 0.3 is 0 Å². The van der Waals surface area contributed by atoms with Gasteiger partial charge in [0.15, 0.2) is 0 Å². The van der Waals surface area contributed by atoms with Crippen molar-refractivity contribution in [2.24, 2.45) is 7.05 Å². The highest BCUT2D eigenvalue weighted by atomic mass is 16.5. The van der Waals surface area contributed by atoms with E-state index in [1.165, 1.54) is 0 Å². The third-order valence-electron chi connectivity index (χ3n) is 5.62. The second-order valence-electron chi connectivity index (χ2n) is 8.21. The highest BCUT2D eigenvalue weighted by Crippen LogP contribution is 2.29. The molecule has 0 atom stereocenters. The van der Waals surface area contributed by atoms with Crippen molar-refractivity contribution in [3.8, 4) is 28.7 Å². The van der Waals surface area contributed by atoms with Crippen LogP contribution < -0.4 is 4.74 Å². The molecule has 5 rings (SSSR count). The predicted octanol–water partition coefficient (Wildman–Crippen LogP) is 3.89. The number of methoxy groups -OCH3 is 1. The van der Waals surface area contributed by atoms with Gasteiger partial charge in [0, 0.05) is 60.9 Å². The number of Topliss-reactive ketones (excluding diaryl/α,β-unsaturated/α-hetero) is 1. The van der Waals surface area contributed by atoms with Crippen molar-refractivity contribution in [3.63, 3.8) is 0 Å². The fourth-order valence-electron chi connectivity index (χ4n) is 3.94. The van der Waals surface area contributed by atoms with Crippen LogP contribution in [-0.2, 0) is 24.7 Å². The van der Waals surface area contributed by atoms with Crippen LogP contribution in [0.1, 0.15) is 22.4 Å². The molecule has 0 saturated heterocycles. The standard InChI is InChI=1S/C28H23N5O2/c1-32-18-24(17-30-32)23-14-27(35-2)28-22(16-31-33(28)19-23)9-8-21-10-11-29-25(12-21)15-26(34)13-20-6-4-3-5-7-20/h3-7,10-12,14,16-19H,13,15H2,1-2H3. The van der Waals surface area contributed by atoms with Crippen molar-refractivity contribution in [3.05, 3.63) is 102 Å². The lowest BCUT2D eigenvalue weighted by molar-refractivity contribution is -0.117. The summed E-state index contributed by atoms with van der Waals surface area (Å²) in [7, 11) is 3.51. The number of carbonyl (C=O) groups is 1. The van der Waals surface area contributed by atoms with E-state index in [2.05, 4.69) is 27.0 Å². The van der Waals surface area contributed by atoms with Crippen LogP contribution in [0.4, 0.5) is 0 Å². The van der Waals surface area contributed by atoms with Crippen LogP contribution in [0.2, 0.25) is 0 Å². The van der Waals surface area contributed by atoms with Crippen molar-refractivity contribution in [2.75, 3.05) is 7.11 Å². The maximum Gasteiger partial charge on any atom is 0.146 e. The van der Waals surface area contributed by atoms with Gasteiger partial charge < -0.3 is 4.74 Å². The van der Waals surface area contributed by atoms with Gasteiger partial charge in [0.25, 0.3) is 0 Å². The number of pyridine rings is 2. The highest BCUT2D eigenvalue weighted by molar-refractivity contribution is 5.82. The molecule has 0 saturated carbocycles. The Kier molecular flexibility index (Phi) is 6.10. The lowest BCUT2D eigenvalue weighted by Crippen LogP contribution is -2.07. The number of hydrogen-bond donors (Lipinski definition) is 0. The first-order valence-electron chi connectivity index (χ1n) is 11.2. The molecule has 0 aliphatic rings. The van der Waals surface area contributed by atoms with E-state index in [1.54, 1.807) is 34.9 Å². The number of aromatic nitrogens is 5. The minimum Gasteiger partial charge on any atom is -0.494 e. The van der Waals surface area contributed by atoms with E-state index in [0.717, 1.165) is 33.3 Å². The summed E-state index contributed by atoms with van der Waals surface area (Å²) in [5.41, 5.74) is 5.95. The van der Waals surface area contributed by atoms with Crippen LogP contribution in [0.3, 0.4) is 0 Å². The molecule has 0 aliphatic heterocycles. The minimum atomic E-state index is 0.116. The number of ketones is 1. The van der Waals surface area contributed by atoms with Gasteiger partial charge in [-0.1, -0.05) is 42.2 Å². The molecule has 0 N–H and O–H groups in total. The normalized spacial score (nSPS) is 10.7. The Morgan fingerprint density at radius 3 is 2.60 bits per heavy atom. The van der Waals surface area contributed by atoms with E-state index < -0.39 is 0 Å². The molecule has 0 radical (unpaired) electrons. The third kappa shape index (κ3) is 4.97. The fraction of sp³-hybridized carbons (Fsp3) is 0.143. The Balaban J connectivity index is 1.38. The van der Waals surface area contributed by atoms with Gasteiger partial charge in [-0.05, 0) is 23.8 Å². The molecule has 1 aromatic carbocycles. The predicted molar refractivity (Wildman–Crippen MR) is 133 cm³/mol. The average molecular weight is 462 g/mol. The fourth-order valence-corrected chi connectivity index (χ4v) is 3.94. The molecule has 0 unspecified atom stereocenters. The molecule has 35 heavy (non-hydrogen) atoms. The van der Waals surface area contributed by atoms with Gasteiger partial charge in [0.05, 0.1) is 25.1 Å². The van der Waals surface area contributed by atoms with E-state index in [0.29, 0.717) is 17.9 Å². The molecule has 7 nitrogen and oxygen atoms in total. The zero-order valence-corrected chi connectivity index (χ0v) is 19.5. The van der Waals surface area contributed by atoms with Gasteiger partial charge in [-0.25, -0.2) is 4.52 Å². The molecule has 7 heteroatoms. The van der Waals surface area contributed by atoms with E-state index in [-0.39, 0.29) is 12.2 Å². The second-order valence-corrected chi connectivity index (χ2v) is 8.21. The Hall–Kier alpha value is -4.70. The summed E-state index contributed by atoms with van der Waals surface area (Å²) in [6.07, 6.45) is 9.75. The monoisotopic (exact) mass is 461 g/mol. The van der Waals surface area contributed by atoms with Gasteiger partial charge in [-0.3, -0.25) is 14.5 Å². The number of aryl methyl sites for hydroxylation is 1. The Bertz CT molecular complexity index is 1570. The molecule has 4 heterocycles. The summed E-state index contributed by atoms with van der Waals surface area (Å²) in [6.45, 7) is 0. The molecule has 0 bridgehead atoms. The largest absolute Gasteiger partial charge is 0.494 e. The van der Waals surface area contributed by atoms with Crippen LogP contribution >= 0.6 is 0 Å². The third-order valence-corrected chi connectivity index (χ3v) is 5.62. The van der Waals surface area contributed by atoms with Gasteiger partial charge in [-0.2, -0.15) is 10.2 Å². The maximum atomic E-state index is 12.5. The molecular weight excluding hydrogens is 438 g/mol. The number of nitrogens with zero attached hydrogens (tertiary/aromatic N) is 5. The van der Waals surface area contributed by atoms with Crippen LogP contribution in [0.25, 0.3) is 16.6 Å². The quantitative estimate of drug-likeness (QED) is 0.359. The minimum absolute atomic E-state index is 0.116. The van der Waals surface area contributed by atoms with Crippen molar-refractivity contribution < 1.29 is 9.53 Å². The summed E-state index contributed by atoms with van der Waals surface area (Å²) in [6, 6.07) is 15.4. The SMILES string of the molecule is COc1cc(-c2cnn(C)c2)cn2ncc(C#Cc3ccnc(CC(=O)Cc4ccccc4)c3)c12.